The van der Waals surface area contributed by atoms with Crippen molar-refractivity contribution in [3.63, 3.8) is 0 Å². The van der Waals surface area contributed by atoms with Gasteiger partial charge in [-0.1, -0.05) is 25.6 Å². The summed E-state index contributed by atoms with van der Waals surface area (Å²) in [6, 6.07) is 0. The summed E-state index contributed by atoms with van der Waals surface area (Å²) in [5.74, 6) is 1.12. The smallest absolute Gasteiger partial charge is 0.233 e. The van der Waals surface area contributed by atoms with E-state index >= 15 is 0 Å². The fourth-order valence-electron chi connectivity index (χ4n) is 1.81. The Kier molecular flexibility index (Phi) is 8.29. The van der Waals surface area contributed by atoms with E-state index in [1.54, 1.807) is 4.68 Å². The average molecular weight is 314 g/mol. The Labute approximate surface area is 130 Å². The first-order valence-corrected chi connectivity index (χ1v) is 8.44. The lowest BCUT2D eigenvalue weighted by Gasteiger charge is -2.17. The lowest BCUT2D eigenvalue weighted by atomic mass is 10.2. The van der Waals surface area contributed by atoms with Crippen molar-refractivity contribution in [2.24, 2.45) is 5.92 Å². The maximum Gasteiger partial charge on any atom is 0.233 e. The molecule has 0 aliphatic carbocycles. The van der Waals surface area contributed by atoms with Crippen LogP contribution in [-0.4, -0.2) is 62.9 Å². The first kappa shape index (κ1) is 17.9. The van der Waals surface area contributed by atoms with Crippen LogP contribution in [0.4, 0.5) is 0 Å². The minimum absolute atomic E-state index is 0.123. The molecule has 1 amide bonds. The molecule has 0 unspecified atom stereocenters. The normalized spacial score (nSPS) is 11.1. The van der Waals surface area contributed by atoms with Crippen LogP contribution in [0.5, 0.6) is 0 Å². The van der Waals surface area contributed by atoms with Gasteiger partial charge >= 0.3 is 0 Å². The van der Waals surface area contributed by atoms with Crippen LogP contribution in [0, 0.1) is 5.92 Å². The van der Waals surface area contributed by atoms with Crippen LogP contribution < -0.4 is 5.32 Å². The molecule has 0 aliphatic rings. The fourth-order valence-corrected chi connectivity index (χ4v) is 2.62. The van der Waals surface area contributed by atoms with Gasteiger partial charge in [0.25, 0.3) is 0 Å². The number of nitrogens with zero attached hydrogens (tertiary/aromatic N) is 5. The van der Waals surface area contributed by atoms with Crippen molar-refractivity contribution in [1.82, 2.24) is 30.4 Å². The number of hydrogen-bond acceptors (Lipinski definition) is 6. The van der Waals surface area contributed by atoms with Crippen LogP contribution in [0.2, 0.25) is 0 Å². The number of carbonyl (C=O) groups is 1. The number of rotatable bonds is 10. The average Bonchev–Trinajstić information content (AvgIpc) is 2.90. The molecule has 21 heavy (non-hydrogen) atoms. The summed E-state index contributed by atoms with van der Waals surface area (Å²) in [4.78, 5) is 13.8. The highest BCUT2D eigenvalue weighted by Gasteiger charge is 2.13. The molecule has 0 saturated heterocycles. The van der Waals surface area contributed by atoms with Crippen molar-refractivity contribution in [3.8, 4) is 0 Å². The van der Waals surface area contributed by atoms with Crippen LogP contribution in [-0.2, 0) is 11.3 Å². The molecule has 1 aromatic heterocycles. The summed E-state index contributed by atoms with van der Waals surface area (Å²) >= 11 is 1.39. The summed E-state index contributed by atoms with van der Waals surface area (Å²) in [5, 5.41) is 15.7. The molecule has 0 aliphatic heterocycles. The van der Waals surface area contributed by atoms with Gasteiger partial charge < -0.3 is 10.2 Å². The summed E-state index contributed by atoms with van der Waals surface area (Å²) in [6.07, 6.45) is 0. The van der Waals surface area contributed by atoms with Gasteiger partial charge in [0, 0.05) is 19.6 Å². The molecule has 0 spiro atoms. The minimum atomic E-state index is 0.123. The van der Waals surface area contributed by atoms with Crippen LogP contribution in [0.1, 0.15) is 27.7 Å². The van der Waals surface area contributed by atoms with Crippen LogP contribution >= 0.6 is 11.8 Å². The number of hydrogen-bond donors (Lipinski definition) is 1. The molecule has 0 radical (unpaired) electrons. The van der Waals surface area contributed by atoms with Crippen molar-refractivity contribution in [1.29, 1.82) is 0 Å². The molecule has 0 atom stereocenters. The Balaban J connectivity index is 2.39. The largest absolute Gasteiger partial charge is 0.343 e. The molecule has 0 aromatic carbocycles. The zero-order valence-corrected chi connectivity index (χ0v) is 14.2. The third-order valence-corrected chi connectivity index (χ3v) is 3.93. The number of amides is 1. The van der Waals surface area contributed by atoms with Crippen LogP contribution in [0.15, 0.2) is 5.16 Å². The highest BCUT2D eigenvalue weighted by molar-refractivity contribution is 7.99. The number of tetrazole rings is 1. The predicted octanol–water partition coefficient (Wildman–Crippen LogP) is 0.879. The van der Waals surface area contributed by atoms with Gasteiger partial charge in [0.05, 0.1) is 12.3 Å². The van der Waals surface area contributed by atoms with Gasteiger partial charge in [0.15, 0.2) is 0 Å². The lowest BCUT2D eigenvalue weighted by molar-refractivity contribution is -0.127. The quantitative estimate of drug-likeness (QED) is 0.510. The van der Waals surface area contributed by atoms with E-state index < -0.39 is 0 Å². The standard InChI is InChI=1S/C13H26N6OS/c1-5-18(6-2)12(20)10-21-13-15-16-17-19(13)8-7-14-9-11(3)4/h11,14H,5-10H2,1-4H3. The molecule has 0 bridgehead atoms. The molecular weight excluding hydrogens is 288 g/mol. The van der Waals surface area contributed by atoms with E-state index in [0.717, 1.165) is 26.2 Å². The van der Waals surface area contributed by atoms with Crippen LogP contribution in [0.3, 0.4) is 0 Å². The van der Waals surface area contributed by atoms with E-state index in [-0.39, 0.29) is 5.91 Å². The van der Waals surface area contributed by atoms with E-state index in [4.69, 9.17) is 0 Å². The molecule has 7 nitrogen and oxygen atoms in total. The van der Waals surface area contributed by atoms with Gasteiger partial charge in [0.2, 0.25) is 11.1 Å². The third kappa shape index (κ3) is 6.43. The summed E-state index contributed by atoms with van der Waals surface area (Å²) in [7, 11) is 0. The zero-order valence-electron chi connectivity index (χ0n) is 13.4. The molecule has 1 rings (SSSR count). The van der Waals surface area contributed by atoms with Crippen molar-refractivity contribution in [3.05, 3.63) is 0 Å². The summed E-state index contributed by atoms with van der Waals surface area (Å²) < 4.78 is 1.74. The van der Waals surface area contributed by atoms with E-state index in [1.165, 1.54) is 11.8 Å². The Morgan fingerprint density at radius 2 is 2.10 bits per heavy atom. The molecule has 1 aromatic rings. The Morgan fingerprint density at radius 1 is 1.38 bits per heavy atom. The highest BCUT2D eigenvalue weighted by Crippen LogP contribution is 2.14. The van der Waals surface area contributed by atoms with Gasteiger partial charge in [-0.25, -0.2) is 4.68 Å². The summed E-state index contributed by atoms with van der Waals surface area (Å²) in [6.45, 7) is 12.3. The number of nitrogens with one attached hydrogen (secondary N) is 1. The second-order valence-electron chi connectivity index (χ2n) is 5.14. The van der Waals surface area contributed by atoms with E-state index in [2.05, 4.69) is 34.7 Å². The zero-order chi connectivity index (χ0) is 15.7. The molecular formula is C13H26N6OS. The monoisotopic (exact) mass is 314 g/mol. The molecule has 120 valence electrons. The van der Waals surface area contributed by atoms with Crippen molar-refractivity contribution in [2.45, 2.75) is 39.4 Å². The number of thioether (sulfide) groups is 1. The van der Waals surface area contributed by atoms with Crippen molar-refractivity contribution in [2.75, 3.05) is 31.9 Å². The first-order chi connectivity index (χ1) is 10.1. The second kappa shape index (κ2) is 9.73. The lowest BCUT2D eigenvalue weighted by Crippen LogP contribution is -2.32. The van der Waals surface area contributed by atoms with Gasteiger partial charge in [-0.05, 0) is 36.7 Å². The molecule has 1 N–H and O–H groups in total. The minimum Gasteiger partial charge on any atom is -0.343 e. The van der Waals surface area contributed by atoms with Gasteiger partial charge in [-0.15, -0.1) is 5.10 Å². The molecule has 0 fully saturated rings. The molecule has 0 saturated carbocycles. The Morgan fingerprint density at radius 3 is 2.71 bits per heavy atom. The van der Waals surface area contributed by atoms with Gasteiger partial charge in [-0.3, -0.25) is 4.79 Å². The molecule has 8 heteroatoms. The SMILES string of the molecule is CCN(CC)C(=O)CSc1nnnn1CCNCC(C)C. The Hall–Kier alpha value is -1.15. The highest BCUT2D eigenvalue weighted by atomic mass is 32.2. The van der Waals surface area contributed by atoms with Gasteiger partial charge in [0.1, 0.15) is 0 Å². The van der Waals surface area contributed by atoms with E-state index in [1.807, 2.05) is 18.7 Å². The summed E-state index contributed by atoms with van der Waals surface area (Å²) in [5.41, 5.74) is 0. The van der Waals surface area contributed by atoms with Crippen molar-refractivity contribution < 1.29 is 4.79 Å². The fraction of sp³-hybridized carbons (Fsp3) is 0.846. The number of carbonyl (C=O) groups excluding carboxylic acids is 1. The van der Waals surface area contributed by atoms with E-state index in [9.17, 15) is 4.79 Å². The number of aromatic nitrogens is 4. The van der Waals surface area contributed by atoms with Crippen LogP contribution in [0.25, 0.3) is 0 Å². The maximum absolute atomic E-state index is 12.0. The third-order valence-electron chi connectivity index (χ3n) is 2.99. The second-order valence-corrected chi connectivity index (χ2v) is 6.08. The Bertz CT molecular complexity index is 419. The topological polar surface area (TPSA) is 75.9 Å². The maximum atomic E-state index is 12.0. The predicted molar refractivity (Wildman–Crippen MR) is 84.2 cm³/mol. The molecule has 1 heterocycles. The van der Waals surface area contributed by atoms with Crippen molar-refractivity contribution >= 4 is 17.7 Å². The van der Waals surface area contributed by atoms with Gasteiger partial charge in [-0.2, -0.15) is 0 Å². The van der Waals surface area contributed by atoms with E-state index in [0.29, 0.717) is 23.4 Å². The first-order valence-electron chi connectivity index (χ1n) is 7.45.